The molecule has 0 aliphatic rings. The van der Waals surface area contributed by atoms with Gasteiger partial charge in [0, 0.05) is 29.1 Å². The number of Topliss-reactive ketones (excluding diaryl/α,β-unsaturated/α-hetero) is 1. The van der Waals surface area contributed by atoms with E-state index in [2.05, 4.69) is 37.9 Å². The Hall–Kier alpha value is 0.440. The molecule has 0 bridgehead atoms. The SMILES string of the molecule is NCC(=O)CC(COCCOCCS)(COCCOCCS)COCCOCCS. The van der Waals surface area contributed by atoms with E-state index >= 15 is 0 Å². The lowest BCUT2D eigenvalue weighted by Gasteiger charge is -2.32. The van der Waals surface area contributed by atoms with Crippen LogP contribution in [-0.2, 0) is 33.2 Å². The second kappa shape index (κ2) is 22.6. The standard InChI is InChI=1S/C19H39NO7S3/c20-14-18(21)13-19(15-25-4-1-22-7-10-28,16-26-5-2-23-8-11-29)17-27-6-3-24-9-12-30/h28-30H,1-17,20H2. The second-order valence-electron chi connectivity index (χ2n) is 6.59. The highest BCUT2D eigenvalue weighted by molar-refractivity contribution is 7.80. The van der Waals surface area contributed by atoms with E-state index < -0.39 is 5.41 Å². The Morgan fingerprint density at radius 1 is 0.600 bits per heavy atom. The monoisotopic (exact) mass is 489 g/mol. The number of hydrogen-bond donors (Lipinski definition) is 4. The second-order valence-corrected chi connectivity index (χ2v) is 7.93. The first-order valence-electron chi connectivity index (χ1n) is 10.1. The summed E-state index contributed by atoms with van der Waals surface area (Å²) in [5, 5.41) is 0. The van der Waals surface area contributed by atoms with Gasteiger partial charge in [0.2, 0.25) is 0 Å². The third-order valence-corrected chi connectivity index (χ3v) is 4.40. The van der Waals surface area contributed by atoms with Gasteiger partial charge in [0.25, 0.3) is 0 Å². The Balaban J connectivity index is 4.72. The molecule has 0 aliphatic carbocycles. The Kier molecular flexibility index (Phi) is 23.0. The van der Waals surface area contributed by atoms with E-state index in [1.807, 2.05) is 0 Å². The van der Waals surface area contributed by atoms with Crippen molar-refractivity contribution in [3.8, 4) is 0 Å². The van der Waals surface area contributed by atoms with E-state index in [0.717, 1.165) is 0 Å². The molecule has 0 amide bonds. The van der Waals surface area contributed by atoms with Crippen LogP contribution < -0.4 is 5.73 Å². The number of nitrogens with two attached hydrogens (primary N) is 1. The molecule has 180 valence electrons. The lowest BCUT2D eigenvalue weighted by Crippen LogP contribution is -2.41. The lowest BCUT2D eigenvalue weighted by molar-refractivity contribution is -0.129. The number of rotatable bonds is 24. The number of carbonyl (C=O) groups is 1. The Morgan fingerprint density at radius 3 is 1.23 bits per heavy atom. The molecule has 0 saturated carbocycles. The van der Waals surface area contributed by atoms with Crippen molar-refractivity contribution in [2.75, 3.05) is 103 Å². The Morgan fingerprint density at radius 2 is 0.933 bits per heavy atom. The smallest absolute Gasteiger partial charge is 0.147 e. The summed E-state index contributed by atoms with van der Waals surface area (Å²) in [5.41, 5.74) is 4.91. The molecule has 0 spiro atoms. The predicted molar refractivity (Wildman–Crippen MR) is 128 cm³/mol. The molecule has 0 radical (unpaired) electrons. The van der Waals surface area contributed by atoms with Crippen molar-refractivity contribution in [3.05, 3.63) is 0 Å². The molecule has 0 aromatic rings. The van der Waals surface area contributed by atoms with Crippen LogP contribution in [0.25, 0.3) is 0 Å². The van der Waals surface area contributed by atoms with E-state index in [0.29, 0.717) is 76.7 Å². The Labute approximate surface area is 197 Å². The fraction of sp³-hybridized carbons (Fsp3) is 0.947. The third kappa shape index (κ3) is 18.1. The van der Waals surface area contributed by atoms with Crippen molar-refractivity contribution in [1.29, 1.82) is 0 Å². The summed E-state index contributed by atoms with van der Waals surface area (Å²) in [7, 11) is 0. The molecule has 0 rings (SSSR count). The van der Waals surface area contributed by atoms with Crippen LogP contribution in [0.2, 0.25) is 0 Å². The molecular formula is C19H39NO7S3. The maximum Gasteiger partial charge on any atom is 0.147 e. The van der Waals surface area contributed by atoms with Crippen molar-refractivity contribution in [2.45, 2.75) is 6.42 Å². The van der Waals surface area contributed by atoms with Crippen LogP contribution in [0.15, 0.2) is 0 Å². The van der Waals surface area contributed by atoms with Crippen LogP contribution in [0.5, 0.6) is 0 Å². The van der Waals surface area contributed by atoms with Gasteiger partial charge in [-0.05, 0) is 0 Å². The van der Waals surface area contributed by atoms with Crippen molar-refractivity contribution in [2.24, 2.45) is 11.1 Å². The number of thiol groups is 3. The summed E-state index contributed by atoms with van der Waals surface area (Å²) in [6, 6.07) is 0. The zero-order valence-electron chi connectivity index (χ0n) is 17.8. The van der Waals surface area contributed by atoms with Crippen molar-refractivity contribution < 1.29 is 33.2 Å². The minimum absolute atomic E-state index is 0.0388. The quantitative estimate of drug-likeness (QED) is 0.117. The first kappa shape index (κ1) is 30.4. The van der Waals surface area contributed by atoms with Crippen LogP contribution in [0, 0.1) is 5.41 Å². The van der Waals surface area contributed by atoms with Crippen LogP contribution in [-0.4, -0.2) is 109 Å². The van der Waals surface area contributed by atoms with Crippen molar-refractivity contribution >= 4 is 43.7 Å². The van der Waals surface area contributed by atoms with Crippen molar-refractivity contribution in [3.63, 3.8) is 0 Å². The summed E-state index contributed by atoms with van der Waals surface area (Å²) in [4.78, 5) is 12.2. The summed E-state index contributed by atoms with van der Waals surface area (Å²) < 4.78 is 33.5. The average Bonchev–Trinajstić information content (AvgIpc) is 2.75. The minimum Gasteiger partial charge on any atom is -0.378 e. The number of carbonyl (C=O) groups excluding carboxylic acids is 1. The minimum atomic E-state index is -0.646. The van der Waals surface area contributed by atoms with Gasteiger partial charge in [-0.15, -0.1) is 0 Å². The van der Waals surface area contributed by atoms with Gasteiger partial charge in [-0.2, -0.15) is 37.9 Å². The molecule has 0 aromatic heterocycles. The predicted octanol–water partition coefficient (Wildman–Crippen LogP) is 0.780. The molecule has 0 atom stereocenters. The van der Waals surface area contributed by atoms with Gasteiger partial charge >= 0.3 is 0 Å². The first-order valence-corrected chi connectivity index (χ1v) is 12.0. The largest absolute Gasteiger partial charge is 0.378 e. The summed E-state index contributed by atoms with van der Waals surface area (Å²) in [5.74, 6) is 1.89. The summed E-state index contributed by atoms with van der Waals surface area (Å²) >= 11 is 12.3. The van der Waals surface area contributed by atoms with Gasteiger partial charge in [0.1, 0.15) is 5.78 Å². The molecular weight excluding hydrogens is 450 g/mol. The maximum atomic E-state index is 12.2. The fourth-order valence-corrected chi connectivity index (χ4v) is 2.88. The van der Waals surface area contributed by atoms with E-state index in [9.17, 15) is 4.79 Å². The summed E-state index contributed by atoms with van der Waals surface area (Å²) in [6.45, 7) is 5.11. The molecule has 8 nitrogen and oxygen atoms in total. The normalized spacial score (nSPS) is 11.9. The van der Waals surface area contributed by atoms with Crippen molar-refractivity contribution in [1.82, 2.24) is 0 Å². The molecule has 2 N–H and O–H groups in total. The number of ketones is 1. The topological polar surface area (TPSA) is 98.5 Å². The molecule has 0 unspecified atom stereocenters. The lowest BCUT2D eigenvalue weighted by atomic mass is 9.85. The molecule has 30 heavy (non-hydrogen) atoms. The molecule has 0 aromatic carbocycles. The van der Waals surface area contributed by atoms with Gasteiger partial charge in [0.05, 0.1) is 85.8 Å². The molecule has 0 fully saturated rings. The highest BCUT2D eigenvalue weighted by Crippen LogP contribution is 2.25. The van der Waals surface area contributed by atoms with Gasteiger partial charge < -0.3 is 34.2 Å². The zero-order chi connectivity index (χ0) is 22.3. The molecule has 0 saturated heterocycles. The fourth-order valence-electron chi connectivity index (χ4n) is 2.49. The van der Waals surface area contributed by atoms with Gasteiger partial charge in [-0.1, -0.05) is 0 Å². The Bertz CT molecular complexity index is 354. The van der Waals surface area contributed by atoms with Crippen LogP contribution >= 0.6 is 37.9 Å². The van der Waals surface area contributed by atoms with Crippen LogP contribution in [0.3, 0.4) is 0 Å². The molecule has 0 heterocycles. The van der Waals surface area contributed by atoms with Gasteiger partial charge in [0.15, 0.2) is 0 Å². The maximum absolute atomic E-state index is 12.2. The third-order valence-electron chi connectivity index (χ3n) is 3.85. The van der Waals surface area contributed by atoms with E-state index in [1.165, 1.54) is 0 Å². The zero-order valence-corrected chi connectivity index (χ0v) is 20.5. The highest BCUT2D eigenvalue weighted by Gasteiger charge is 2.34. The summed E-state index contributed by atoms with van der Waals surface area (Å²) in [6.07, 6.45) is 0.204. The highest BCUT2D eigenvalue weighted by atomic mass is 32.1. The molecule has 11 heteroatoms. The van der Waals surface area contributed by atoms with E-state index in [1.54, 1.807) is 0 Å². The number of ether oxygens (including phenoxy) is 6. The van der Waals surface area contributed by atoms with Crippen LogP contribution in [0.4, 0.5) is 0 Å². The van der Waals surface area contributed by atoms with Gasteiger partial charge in [-0.3, -0.25) is 4.79 Å². The van der Waals surface area contributed by atoms with E-state index in [4.69, 9.17) is 34.2 Å². The molecule has 0 aliphatic heterocycles. The van der Waals surface area contributed by atoms with Crippen LogP contribution in [0.1, 0.15) is 6.42 Å². The van der Waals surface area contributed by atoms with Gasteiger partial charge in [-0.25, -0.2) is 0 Å². The first-order chi connectivity index (χ1) is 14.6. The average molecular weight is 490 g/mol. The van der Waals surface area contributed by atoms with E-state index in [-0.39, 0.29) is 38.6 Å². The number of hydrogen-bond acceptors (Lipinski definition) is 11.